The molecule has 0 unspecified atom stereocenters. The van der Waals surface area contributed by atoms with Gasteiger partial charge in [-0.05, 0) is 26.3 Å². The van der Waals surface area contributed by atoms with Crippen molar-refractivity contribution in [2.75, 3.05) is 19.8 Å². The molecular formula is C23H36N2O5. The van der Waals surface area contributed by atoms with E-state index in [-0.39, 0.29) is 24.5 Å². The third-order valence-corrected chi connectivity index (χ3v) is 4.52. The van der Waals surface area contributed by atoms with Crippen molar-refractivity contribution in [3.63, 3.8) is 0 Å². The molecule has 0 atom stereocenters. The van der Waals surface area contributed by atoms with E-state index in [1.165, 1.54) is 44.7 Å². The van der Waals surface area contributed by atoms with Crippen molar-refractivity contribution in [2.24, 2.45) is 5.73 Å². The first-order valence-corrected chi connectivity index (χ1v) is 11.0. The Hall–Kier alpha value is -2.57. The Labute approximate surface area is 180 Å². The summed E-state index contributed by atoms with van der Waals surface area (Å²) in [5, 5.41) is 0. The number of unbranched alkanes of at least 4 members (excludes halogenated alkanes) is 7. The Kier molecular flexibility index (Phi) is 13.0. The highest BCUT2D eigenvalue weighted by molar-refractivity contribution is 6.19. The summed E-state index contributed by atoms with van der Waals surface area (Å²) in [4.78, 5) is 28.5. The maximum atomic E-state index is 12.1. The Morgan fingerprint density at radius 3 is 1.93 bits per heavy atom. The second kappa shape index (κ2) is 15.3. The fourth-order valence-electron chi connectivity index (χ4n) is 2.89. The Morgan fingerprint density at radius 2 is 1.43 bits per heavy atom. The lowest BCUT2D eigenvalue weighted by molar-refractivity contribution is -0.146. The number of hydrogen-bond acceptors (Lipinski definition) is 7. The maximum Gasteiger partial charge on any atom is 0.347 e. The minimum absolute atomic E-state index is 0.0333. The van der Waals surface area contributed by atoms with E-state index in [2.05, 4.69) is 11.9 Å². The van der Waals surface area contributed by atoms with Gasteiger partial charge in [0.15, 0.2) is 5.57 Å². The van der Waals surface area contributed by atoms with Gasteiger partial charge in [-0.25, -0.2) is 14.6 Å². The molecule has 1 heterocycles. The van der Waals surface area contributed by atoms with Crippen LogP contribution in [0.25, 0.3) is 5.70 Å². The zero-order valence-corrected chi connectivity index (χ0v) is 18.6. The van der Waals surface area contributed by atoms with Gasteiger partial charge in [0.2, 0.25) is 5.88 Å². The largest absolute Gasteiger partial charge is 0.478 e. The predicted octanol–water partition coefficient (Wildman–Crippen LogP) is 4.40. The summed E-state index contributed by atoms with van der Waals surface area (Å²) in [5.41, 5.74) is 6.11. The van der Waals surface area contributed by atoms with E-state index in [0.717, 1.165) is 12.8 Å². The molecule has 0 radical (unpaired) electrons. The number of nitrogens with zero attached hydrogens (tertiary/aromatic N) is 1. The zero-order valence-electron chi connectivity index (χ0n) is 18.6. The minimum atomic E-state index is -0.816. The van der Waals surface area contributed by atoms with Crippen molar-refractivity contribution in [1.82, 2.24) is 4.98 Å². The highest BCUT2D eigenvalue weighted by Gasteiger charge is 2.25. The molecule has 0 amide bonds. The molecular weight excluding hydrogens is 384 g/mol. The third-order valence-electron chi connectivity index (χ3n) is 4.52. The van der Waals surface area contributed by atoms with Gasteiger partial charge in [-0.3, -0.25) is 0 Å². The van der Waals surface area contributed by atoms with Crippen molar-refractivity contribution in [3.8, 4) is 5.88 Å². The molecule has 0 aliphatic carbocycles. The lowest BCUT2D eigenvalue weighted by atomic mass is 10.1. The molecule has 7 nitrogen and oxygen atoms in total. The van der Waals surface area contributed by atoms with Crippen LogP contribution >= 0.6 is 0 Å². The predicted molar refractivity (Wildman–Crippen MR) is 117 cm³/mol. The van der Waals surface area contributed by atoms with Gasteiger partial charge in [0, 0.05) is 17.8 Å². The van der Waals surface area contributed by atoms with Gasteiger partial charge in [-0.1, -0.05) is 51.9 Å². The topological polar surface area (TPSA) is 101 Å². The standard InChI is InChI=1S/C23H36N2O5/c1-4-7-8-9-10-11-12-13-16-30-19-15-14-18(17-25-19)21(24)20(22(26)28-5-2)23(27)29-6-3/h14-15,17H,4-13,16,24H2,1-3H3. The van der Waals surface area contributed by atoms with Crippen molar-refractivity contribution in [1.29, 1.82) is 0 Å². The first-order chi connectivity index (χ1) is 14.5. The average Bonchev–Trinajstić information content (AvgIpc) is 2.73. The summed E-state index contributed by atoms with van der Waals surface area (Å²) in [6.07, 6.45) is 11.3. The lowest BCUT2D eigenvalue weighted by Crippen LogP contribution is -2.22. The molecule has 0 aromatic carbocycles. The van der Waals surface area contributed by atoms with Crippen LogP contribution in [0.1, 0.15) is 77.7 Å². The fourth-order valence-corrected chi connectivity index (χ4v) is 2.89. The number of esters is 2. The normalized spacial score (nSPS) is 10.4. The van der Waals surface area contributed by atoms with Crippen LogP contribution in [0.4, 0.5) is 0 Å². The first kappa shape index (κ1) is 25.5. The van der Waals surface area contributed by atoms with E-state index >= 15 is 0 Å². The highest BCUT2D eigenvalue weighted by Crippen LogP contribution is 2.18. The Morgan fingerprint density at radius 1 is 0.867 bits per heavy atom. The van der Waals surface area contributed by atoms with Crippen LogP contribution in [-0.2, 0) is 19.1 Å². The quantitative estimate of drug-likeness (QED) is 0.148. The SMILES string of the molecule is CCCCCCCCCCOc1ccc(C(N)=C(C(=O)OCC)C(=O)OCC)cn1. The number of carbonyl (C=O) groups excluding carboxylic acids is 2. The summed E-state index contributed by atoms with van der Waals surface area (Å²) >= 11 is 0. The second-order valence-corrected chi connectivity index (χ2v) is 6.94. The van der Waals surface area contributed by atoms with Crippen LogP contribution < -0.4 is 10.5 Å². The number of rotatable bonds is 15. The Balaban J connectivity index is 2.59. The van der Waals surface area contributed by atoms with E-state index in [0.29, 0.717) is 18.1 Å². The second-order valence-electron chi connectivity index (χ2n) is 6.94. The number of aromatic nitrogens is 1. The van der Waals surface area contributed by atoms with E-state index in [9.17, 15) is 9.59 Å². The van der Waals surface area contributed by atoms with Crippen LogP contribution in [0.15, 0.2) is 23.9 Å². The highest BCUT2D eigenvalue weighted by atomic mass is 16.6. The molecule has 0 saturated heterocycles. The minimum Gasteiger partial charge on any atom is -0.478 e. The van der Waals surface area contributed by atoms with Gasteiger partial charge >= 0.3 is 11.9 Å². The van der Waals surface area contributed by atoms with E-state index in [1.807, 2.05) is 0 Å². The number of pyridine rings is 1. The molecule has 168 valence electrons. The summed E-state index contributed by atoms with van der Waals surface area (Å²) in [6, 6.07) is 3.32. The van der Waals surface area contributed by atoms with Crippen LogP contribution in [0, 0.1) is 0 Å². The van der Waals surface area contributed by atoms with Crippen molar-refractivity contribution < 1.29 is 23.8 Å². The molecule has 1 aromatic rings. The van der Waals surface area contributed by atoms with Crippen molar-refractivity contribution in [2.45, 2.75) is 72.1 Å². The van der Waals surface area contributed by atoms with Crippen LogP contribution in [-0.4, -0.2) is 36.7 Å². The zero-order chi connectivity index (χ0) is 22.2. The van der Waals surface area contributed by atoms with Gasteiger partial charge in [-0.15, -0.1) is 0 Å². The number of ether oxygens (including phenoxy) is 3. The summed E-state index contributed by atoms with van der Waals surface area (Å²) in [7, 11) is 0. The lowest BCUT2D eigenvalue weighted by Gasteiger charge is -2.11. The molecule has 0 saturated carbocycles. The van der Waals surface area contributed by atoms with Crippen LogP contribution in [0.3, 0.4) is 0 Å². The van der Waals surface area contributed by atoms with Gasteiger partial charge < -0.3 is 19.9 Å². The van der Waals surface area contributed by atoms with E-state index in [4.69, 9.17) is 19.9 Å². The summed E-state index contributed by atoms with van der Waals surface area (Å²) in [5.74, 6) is -1.16. The maximum absolute atomic E-state index is 12.1. The van der Waals surface area contributed by atoms with E-state index in [1.54, 1.807) is 26.0 Å². The smallest absolute Gasteiger partial charge is 0.347 e. The molecule has 1 rings (SSSR count). The fraction of sp³-hybridized carbons (Fsp3) is 0.609. The monoisotopic (exact) mass is 420 g/mol. The molecule has 0 fully saturated rings. The van der Waals surface area contributed by atoms with Crippen molar-refractivity contribution in [3.05, 3.63) is 29.5 Å². The third kappa shape index (κ3) is 9.29. The molecule has 0 bridgehead atoms. The van der Waals surface area contributed by atoms with Crippen molar-refractivity contribution >= 4 is 17.6 Å². The molecule has 0 aliphatic rings. The first-order valence-electron chi connectivity index (χ1n) is 11.0. The molecule has 0 spiro atoms. The van der Waals surface area contributed by atoms with Crippen LogP contribution in [0.5, 0.6) is 5.88 Å². The number of hydrogen-bond donors (Lipinski definition) is 1. The van der Waals surface area contributed by atoms with Gasteiger partial charge in [0.1, 0.15) is 0 Å². The molecule has 2 N–H and O–H groups in total. The Bertz CT molecular complexity index is 651. The molecule has 30 heavy (non-hydrogen) atoms. The molecule has 0 aliphatic heterocycles. The van der Waals surface area contributed by atoms with Gasteiger partial charge in [0.05, 0.1) is 25.5 Å². The summed E-state index contributed by atoms with van der Waals surface area (Å²) in [6.45, 7) is 6.37. The van der Waals surface area contributed by atoms with Crippen LogP contribution in [0.2, 0.25) is 0 Å². The average molecular weight is 421 g/mol. The summed E-state index contributed by atoms with van der Waals surface area (Å²) < 4.78 is 15.5. The van der Waals surface area contributed by atoms with E-state index < -0.39 is 11.9 Å². The van der Waals surface area contributed by atoms with Gasteiger partial charge in [0.25, 0.3) is 0 Å². The van der Waals surface area contributed by atoms with Gasteiger partial charge in [-0.2, -0.15) is 0 Å². The number of carbonyl (C=O) groups is 2. The molecule has 1 aromatic heterocycles. The molecule has 7 heteroatoms. The number of nitrogens with two attached hydrogens (primary N) is 1.